The van der Waals surface area contributed by atoms with E-state index < -0.39 is 0 Å². The first-order valence-electron chi connectivity index (χ1n) is 9.98. The quantitative estimate of drug-likeness (QED) is 0.518. The number of hydrogen-bond acceptors (Lipinski definition) is 4. The van der Waals surface area contributed by atoms with Gasteiger partial charge >= 0.3 is 0 Å². The lowest BCUT2D eigenvalue weighted by molar-refractivity contribution is -0.128. The third-order valence-corrected chi connectivity index (χ3v) is 4.57. The van der Waals surface area contributed by atoms with Gasteiger partial charge in [0.15, 0.2) is 0 Å². The summed E-state index contributed by atoms with van der Waals surface area (Å²) in [4.78, 5) is 35.7. The standard InChI is InChI=1S/C19H36N4O3/c1-14(2)22-15(3)19(26)21-12-17(24)20-13-18(25)23-16-10-8-6-4-5-7-9-11-16/h14-16,22H,4-13H2,1-3H3,(H,20,24)(H,21,26)(H,23,25)/t15-/m0/s1. The summed E-state index contributed by atoms with van der Waals surface area (Å²) in [6.45, 7) is 5.47. The molecule has 1 saturated carbocycles. The largest absolute Gasteiger partial charge is 0.352 e. The molecule has 7 nitrogen and oxygen atoms in total. The van der Waals surface area contributed by atoms with Gasteiger partial charge in [-0.3, -0.25) is 14.4 Å². The van der Waals surface area contributed by atoms with Crippen molar-refractivity contribution in [2.45, 2.75) is 90.3 Å². The molecule has 3 amide bonds. The van der Waals surface area contributed by atoms with E-state index in [1.807, 2.05) is 13.8 Å². The average molecular weight is 369 g/mol. The van der Waals surface area contributed by atoms with Crippen LogP contribution in [0.5, 0.6) is 0 Å². The normalized spacial score (nSPS) is 17.5. The van der Waals surface area contributed by atoms with Crippen molar-refractivity contribution in [2.75, 3.05) is 13.1 Å². The minimum absolute atomic E-state index is 0.0506. The first kappa shape index (κ1) is 22.4. The van der Waals surface area contributed by atoms with Gasteiger partial charge < -0.3 is 21.3 Å². The van der Waals surface area contributed by atoms with Gasteiger partial charge in [-0.05, 0) is 19.8 Å². The van der Waals surface area contributed by atoms with Crippen LogP contribution < -0.4 is 21.3 Å². The summed E-state index contributed by atoms with van der Waals surface area (Å²) in [6, 6.07) is 0.0283. The predicted octanol–water partition coefficient (Wildman–Crippen LogP) is 1.22. The highest BCUT2D eigenvalue weighted by Crippen LogP contribution is 2.16. The molecule has 1 rings (SSSR count). The van der Waals surface area contributed by atoms with Crippen LogP contribution in [0.1, 0.15) is 72.1 Å². The fourth-order valence-electron chi connectivity index (χ4n) is 3.19. The molecule has 0 spiro atoms. The monoisotopic (exact) mass is 368 g/mol. The Labute approximate surface area is 157 Å². The summed E-state index contributed by atoms with van der Waals surface area (Å²) in [5.41, 5.74) is 0. The van der Waals surface area contributed by atoms with Crippen LogP contribution in [0.4, 0.5) is 0 Å². The maximum absolute atomic E-state index is 12.0. The zero-order chi connectivity index (χ0) is 19.4. The highest BCUT2D eigenvalue weighted by Gasteiger charge is 2.16. The number of rotatable bonds is 8. The van der Waals surface area contributed by atoms with Gasteiger partial charge in [-0.15, -0.1) is 0 Å². The summed E-state index contributed by atoms with van der Waals surface area (Å²) in [5, 5.41) is 11.2. The van der Waals surface area contributed by atoms with Gasteiger partial charge in [0, 0.05) is 12.1 Å². The minimum atomic E-state index is -0.366. The van der Waals surface area contributed by atoms with Gasteiger partial charge in [-0.2, -0.15) is 0 Å². The molecular weight excluding hydrogens is 332 g/mol. The Morgan fingerprint density at radius 3 is 1.92 bits per heavy atom. The Hall–Kier alpha value is -1.63. The van der Waals surface area contributed by atoms with Crippen molar-refractivity contribution < 1.29 is 14.4 Å². The lowest BCUT2D eigenvalue weighted by Crippen LogP contribution is -2.48. The van der Waals surface area contributed by atoms with Crippen molar-refractivity contribution in [2.24, 2.45) is 0 Å². The topological polar surface area (TPSA) is 99.3 Å². The Morgan fingerprint density at radius 1 is 0.808 bits per heavy atom. The molecule has 1 atom stereocenters. The molecule has 1 aliphatic carbocycles. The number of amides is 3. The predicted molar refractivity (Wildman–Crippen MR) is 103 cm³/mol. The lowest BCUT2D eigenvalue weighted by Gasteiger charge is -2.18. The van der Waals surface area contributed by atoms with E-state index in [0.717, 1.165) is 25.7 Å². The lowest BCUT2D eigenvalue weighted by atomic mass is 10.1. The van der Waals surface area contributed by atoms with Crippen LogP contribution in [0.3, 0.4) is 0 Å². The number of carbonyl (C=O) groups excluding carboxylic acids is 3. The average Bonchev–Trinajstić information content (AvgIpc) is 2.71. The van der Waals surface area contributed by atoms with E-state index in [4.69, 9.17) is 0 Å². The van der Waals surface area contributed by atoms with Crippen LogP contribution in [-0.2, 0) is 14.4 Å². The smallest absolute Gasteiger partial charge is 0.239 e. The summed E-state index contributed by atoms with van der Waals surface area (Å²) < 4.78 is 0. The molecule has 1 aliphatic rings. The molecule has 0 saturated heterocycles. The fourth-order valence-corrected chi connectivity index (χ4v) is 3.19. The van der Waals surface area contributed by atoms with Gasteiger partial charge in [0.25, 0.3) is 0 Å². The molecule has 1 fully saturated rings. The van der Waals surface area contributed by atoms with E-state index >= 15 is 0 Å². The minimum Gasteiger partial charge on any atom is -0.352 e. The molecule has 0 aromatic heterocycles. The van der Waals surface area contributed by atoms with E-state index in [1.165, 1.54) is 25.7 Å². The van der Waals surface area contributed by atoms with Crippen LogP contribution in [0, 0.1) is 0 Å². The molecule has 7 heteroatoms. The van der Waals surface area contributed by atoms with Gasteiger partial charge in [-0.25, -0.2) is 0 Å². The maximum Gasteiger partial charge on any atom is 0.239 e. The van der Waals surface area contributed by atoms with Crippen molar-refractivity contribution in [1.29, 1.82) is 0 Å². The maximum atomic E-state index is 12.0. The zero-order valence-corrected chi connectivity index (χ0v) is 16.5. The van der Waals surface area contributed by atoms with E-state index in [2.05, 4.69) is 21.3 Å². The van der Waals surface area contributed by atoms with Crippen LogP contribution >= 0.6 is 0 Å². The molecular formula is C19H36N4O3. The summed E-state index contributed by atoms with van der Waals surface area (Å²) in [7, 11) is 0. The van der Waals surface area contributed by atoms with Crippen LogP contribution in [0.15, 0.2) is 0 Å². The zero-order valence-electron chi connectivity index (χ0n) is 16.5. The molecule has 0 aromatic rings. The van der Waals surface area contributed by atoms with E-state index in [-0.39, 0.29) is 48.9 Å². The molecule has 0 unspecified atom stereocenters. The molecule has 26 heavy (non-hydrogen) atoms. The second-order valence-electron chi connectivity index (χ2n) is 7.50. The molecule has 0 bridgehead atoms. The van der Waals surface area contributed by atoms with Crippen molar-refractivity contribution in [1.82, 2.24) is 21.3 Å². The molecule has 0 aromatic carbocycles. The molecule has 0 aliphatic heterocycles. The number of hydrogen-bond donors (Lipinski definition) is 4. The van der Waals surface area contributed by atoms with Gasteiger partial charge in [0.1, 0.15) is 0 Å². The third kappa shape index (κ3) is 10.4. The Balaban J connectivity index is 2.22. The first-order valence-corrected chi connectivity index (χ1v) is 9.98. The van der Waals surface area contributed by atoms with Gasteiger partial charge in [0.2, 0.25) is 17.7 Å². The third-order valence-electron chi connectivity index (χ3n) is 4.57. The van der Waals surface area contributed by atoms with Crippen LogP contribution in [0.25, 0.3) is 0 Å². The van der Waals surface area contributed by atoms with Crippen molar-refractivity contribution in [3.8, 4) is 0 Å². The van der Waals surface area contributed by atoms with Crippen molar-refractivity contribution in [3.05, 3.63) is 0 Å². The SMILES string of the molecule is CC(C)N[C@@H](C)C(=O)NCC(=O)NCC(=O)NC1CCCCCCCC1. The summed E-state index contributed by atoms with van der Waals surface area (Å²) in [5.74, 6) is -0.757. The Kier molecular flexibility index (Phi) is 10.9. The Morgan fingerprint density at radius 2 is 1.35 bits per heavy atom. The first-order chi connectivity index (χ1) is 12.4. The molecule has 0 radical (unpaired) electrons. The fraction of sp³-hybridized carbons (Fsp3) is 0.842. The van der Waals surface area contributed by atoms with Crippen molar-refractivity contribution >= 4 is 17.7 Å². The number of carbonyl (C=O) groups is 3. The van der Waals surface area contributed by atoms with Gasteiger partial charge in [-0.1, -0.05) is 52.4 Å². The second kappa shape index (κ2) is 12.7. The van der Waals surface area contributed by atoms with Crippen LogP contribution in [-0.4, -0.2) is 48.9 Å². The highest BCUT2D eigenvalue weighted by molar-refractivity contribution is 5.89. The molecule has 4 N–H and O–H groups in total. The van der Waals surface area contributed by atoms with E-state index in [9.17, 15) is 14.4 Å². The Bertz CT molecular complexity index is 444. The van der Waals surface area contributed by atoms with E-state index in [0.29, 0.717) is 0 Å². The second-order valence-corrected chi connectivity index (χ2v) is 7.50. The number of nitrogens with one attached hydrogen (secondary N) is 4. The molecule has 0 heterocycles. The van der Waals surface area contributed by atoms with Crippen molar-refractivity contribution in [3.63, 3.8) is 0 Å². The molecule has 150 valence electrons. The highest BCUT2D eigenvalue weighted by atomic mass is 16.2. The van der Waals surface area contributed by atoms with E-state index in [1.54, 1.807) is 6.92 Å². The summed E-state index contributed by atoms with van der Waals surface area (Å²) >= 11 is 0. The van der Waals surface area contributed by atoms with Gasteiger partial charge in [0.05, 0.1) is 19.1 Å². The van der Waals surface area contributed by atoms with Crippen LogP contribution in [0.2, 0.25) is 0 Å². The summed E-state index contributed by atoms with van der Waals surface area (Å²) in [6.07, 6.45) is 9.34.